The van der Waals surface area contributed by atoms with Crippen LogP contribution in [0.3, 0.4) is 0 Å². The third-order valence-corrected chi connectivity index (χ3v) is 3.48. The summed E-state index contributed by atoms with van der Waals surface area (Å²) in [6, 6.07) is 7.77. The van der Waals surface area contributed by atoms with Crippen molar-refractivity contribution in [3.63, 3.8) is 0 Å². The number of hydrogen-bond donors (Lipinski definition) is 2. The zero-order valence-electron chi connectivity index (χ0n) is 11.1. The molecule has 0 aromatic heterocycles. The molecule has 1 aliphatic rings. The average molecular weight is 261 g/mol. The molecule has 4 nitrogen and oxygen atoms in total. The molecule has 19 heavy (non-hydrogen) atoms. The molecule has 1 amide bonds. The zero-order chi connectivity index (χ0) is 13.8. The van der Waals surface area contributed by atoms with E-state index in [1.165, 1.54) is 5.56 Å². The molecule has 0 unspecified atom stereocenters. The largest absolute Gasteiger partial charge is 0.481 e. The normalized spacial score (nSPS) is 20.9. The Hall–Kier alpha value is -1.84. The number of carboxylic acid groups (broad SMARTS) is 1. The van der Waals surface area contributed by atoms with Crippen molar-refractivity contribution in [3.8, 4) is 0 Å². The van der Waals surface area contributed by atoms with Crippen LogP contribution >= 0.6 is 0 Å². The van der Waals surface area contributed by atoms with E-state index in [1.54, 1.807) is 0 Å². The predicted molar refractivity (Wildman–Crippen MR) is 72.9 cm³/mol. The molecule has 0 radical (unpaired) electrons. The SMILES string of the molecule is CCCCc1ccc(NC(=O)[C@@H]2C[C@@H]2C(=O)O)cc1. The highest BCUT2D eigenvalue weighted by molar-refractivity contribution is 5.98. The molecule has 0 spiro atoms. The van der Waals surface area contributed by atoms with E-state index in [9.17, 15) is 9.59 Å². The minimum absolute atomic E-state index is 0.186. The molecule has 1 aromatic carbocycles. The molecule has 0 bridgehead atoms. The Bertz CT molecular complexity index is 467. The summed E-state index contributed by atoms with van der Waals surface area (Å²) in [5.74, 6) is -1.93. The fourth-order valence-corrected chi connectivity index (χ4v) is 2.13. The summed E-state index contributed by atoms with van der Waals surface area (Å²) in [4.78, 5) is 22.5. The highest BCUT2D eigenvalue weighted by Crippen LogP contribution is 2.39. The lowest BCUT2D eigenvalue weighted by atomic mass is 10.1. The molecule has 102 valence electrons. The number of unbranched alkanes of at least 4 members (excludes halogenated alkanes) is 1. The summed E-state index contributed by atoms with van der Waals surface area (Å²) in [6.45, 7) is 2.16. The number of carbonyl (C=O) groups is 2. The molecule has 1 aromatic rings. The first-order chi connectivity index (χ1) is 9.11. The van der Waals surface area contributed by atoms with Gasteiger partial charge < -0.3 is 10.4 Å². The van der Waals surface area contributed by atoms with Crippen LogP contribution in [0.2, 0.25) is 0 Å². The van der Waals surface area contributed by atoms with Crippen molar-refractivity contribution in [2.45, 2.75) is 32.6 Å². The number of nitrogens with one attached hydrogen (secondary N) is 1. The number of rotatable bonds is 6. The highest BCUT2D eigenvalue weighted by Gasteiger charge is 2.48. The van der Waals surface area contributed by atoms with Crippen LogP contribution in [-0.4, -0.2) is 17.0 Å². The fraction of sp³-hybridized carbons (Fsp3) is 0.467. The first-order valence-corrected chi connectivity index (χ1v) is 6.74. The van der Waals surface area contributed by atoms with E-state index in [0.29, 0.717) is 6.42 Å². The van der Waals surface area contributed by atoms with Gasteiger partial charge in [-0.15, -0.1) is 0 Å². The molecule has 0 heterocycles. The molecular formula is C15H19NO3. The van der Waals surface area contributed by atoms with Crippen molar-refractivity contribution < 1.29 is 14.7 Å². The van der Waals surface area contributed by atoms with Crippen molar-refractivity contribution in [1.82, 2.24) is 0 Å². The van der Waals surface area contributed by atoms with Crippen LogP contribution in [0.4, 0.5) is 5.69 Å². The number of carbonyl (C=O) groups excluding carboxylic acids is 1. The van der Waals surface area contributed by atoms with Crippen LogP contribution in [0.1, 0.15) is 31.7 Å². The zero-order valence-corrected chi connectivity index (χ0v) is 11.1. The van der Waals surface area contributed by atoms with Crippen molar-refractivity contribution in [2.24, 2.45) is 11.8 Å². The average Bonchev–Trinajstić information content (AvgIpc) is 3.18. The van der Waals surface area contributed by atoms with Gasteiger partial charge in [0.25, 0.3) is 0 Å². The van der Waals surface area contributed by atoms with E-state index in [4.69, 9.17) is 5.11 Å². The second-order valence-corrected chi connectivity index (χ2v) is 5.08. The lowest BCUT2D eigenvalue weighted by Gasteiger charge is -2.06. The molecule has 0 aliphatic heterocycles. The van der Waals surface area contributed by atoms with Gasteiger partial charge in [0, 0.05) is 5.69 Å². The molecular weight excluding hydrogens is 242 g/mol. The third kappa shape index (κ3) is 3.56. The fourth-order valence-electron chi connectivity index (χ4n) is 2.13. The maximum absolute atomic E-state index is 11.8. The quantitative estimate of drug-likeness (QED) is 0.827. The molecule has 4 heteroatoms. The lowest BCUT2D eigenvalue weighted by Crippen LogP contribution is -2.16. The van der Waals surface area contributed by atoms with Gasteiger partial charge in [-0.1, -0.05) is 25.5 Å². The molecule has 2 N–H and O–H groups in total. The van der Waals surface area contributed by atoms with E-state index in [1.807, 2.05) is 24.3 Å². The van der Waals surface area contributed by atoms with Crippen molar-refractivity contribution >= 4 is 17.6 Å². The van der Waals surface area contributed by atoms with Crippen LogP contribution in [-0.2, 0) is 16.0 Å². The standard InChI is InChI=1S/C15H19NO3/c1-2-3-4-10-5-7-11(8-6-10)16-14(17)12-9-13(12)15(18)19/h5-8,12-13H,2-4,9H2,1H3,(H,16,17)(H,18,19)/t12-,13+/m1/s1. The Morgan fingerprint density at radius 3 is 2.47 bits per heavy atom. The summed E-state index contributed by atoms with van der Waals surface area (Å²) in [7, 11) is 0. The van der Waals surface area contributed by atoms with E-state index in [2.05, 4.69) is 12.2 Å². The van der Waals surface area contributed by atoms with Crippen LogP contribution < -0.4 is 5.32 Å². The first-order valence-electron chi connectivity index (χ1n) is 6.74. The number of amides is 1. The number of carboxylic acids is 1. The van der Waals surface area contributed by atoms with Crippen LogP contribution in [0.5, 0.6) is 0 Å². The Labute approximate surface area is 112 Å². The van der Waals surface area contributed by atoms with Gasteiger partial charge in [-0.3, -0.25) is 9.59 Å². The van der Waals surface area contributed by atoms with E-state index >= 15 is 0 Å². The molecule has 1 fully saturated rings. The predicted octanol–water partition coefficient (Wildman–Crippen LogP) is 2.69. The lowest BCUT2D eigenvalue weighted by molar-refractivity contribution is -0.139. The van der Waals surface area contributed by atoms with Gasteiger partial charge in [0.1, 0.15) is 0 Å². The van der Waals surface area contributed by atoms with Crippen LogP contribution in [0.25, 0.3) is 0 Å². The number of benzene rings is 1. The summed E-state index contributed by atoms with van der Waals surface area (Å²) >= 11 is 0. The minimum atomic E-state index is -0.880. The Morgan fingerprint density at radius 1 is 1.26 bits per heavy atom. The number of hydrogen-bond acceptors (Lipinski definition) is 2. The third-order valence-electron chi connectivity index (χ3n) is 3.48. The minimum Gasteiger partial charge on any atom is -0.481 e. The number of anilines is 1. The molecule has 1 saturated carbocycles. The smallest absolute Gasteiger partial charge is 0.307 e. The second-order valence-electron chi connectivity index (χ2n) is 5.08. The number of aryl methyl sites for hydroxylation is 1. The Kier molecular flexibility index (Phi) is 4.20. The van der Waals surface area contributed by atoms with Crippen molar-refractivity contribution in [3.05, 3.63) is 29.8 Å². The maximum atomic E-state index is 11.8. The highest BCUT2D eigenvalue weighted by atomic mass is 16.4. The van der Waals surface area contributed by atoms with Gasteiger partial charge in [0.05, 0.1) is 11.8 Å². The van der Waals surface area contributed by atoms with E-state index < -0.39 is 11.9 Å². The molecule has 2 rings (SSSR count). The van der Waals surface area contributed by atoms with Gasteiger partial charge >= 0.3 is 5.97 Å². The maximum Gasteiger partial charge on any atom is 0.307 e. The summed E-state index contributed by atoms with van der Waals surface area (Å²) < 4.78 is 0. The number of aliphatic carboxylic acids is 1. The second kappa shape index (κ2) is 5.87. The van der Waals surface area contributed by atoms with Gasteiger partial charge in [-0.25, -0.2) is 0 Å². The first kappa shape index (κ1) is 13.6. The van der Waals surface area contributed by atoms with Crippen molar-refractivity contribution in [2.75, 3.05) is 5.32 Å². The van der Waals surface area contributed by atoms with E-state index in [0.717, 1.165) is 24.9 Å². The van der Waals surface area contributed by atoms with Gasteiger partial charge in [-0.05, 0) is 37.0 Å². The topological polar surface area (TPSA) is 66.4 Å². The van der Waals surface area contributed by atoms with Gasteiger partial charge in [0.15, 0.2) is 0 Å². The Morgan fingerprint density at radius 2 is 1.95 bits per heavy atom. The van der Waals surface area contributed by atoms with E-state index in [-0.39, 0.29) is 11.8 Å². The molecule has 2 atom stereocenters. The van der Waals surface area contributed by atoms with Crippen molar-refractivity contribution in [1.29, 1.82) is 0 Å². The Balaban J connectivity index is 1.86. The molecule has 1 aliphatic carbocycles. The van der Waals surface area contributed by atoms with Crippen LogP contribution in [0.15, 0.2) is 24.3 Å². The summed E-state index contributed by atoms with van der Waals surface area (Å²) in [6.07, 6.45) is 3.83. The summed E-state index contributed by atoms with van der Waals surface area (Å²) in [5, 5.41) is 11.5. The molecule has 0 saturated heterocycles. The van der Waals surface area contributed by atoms with Gasteiger partial charge in [0.2, 0.25) is 5.91 Å². The monoisotopic (exact) mass is 261 g/mol. The summed E-state index contributed by atoms with van der Waals surface area (Å²) in [5.41, 5.74) is 2.00. The van der Waals surface area contributed by atoms with Crippen LogP contribution in [0, 0.1) is 11.8 Å². The van der Waals surface area contributed by atoms with Gasteiger partial charge in [-0.2, -0.15) is 0 Å².